The van der Waals surface area contributed by atoms with Gasteiger partial charge < -0.3 is 14.9 Å². The van der Waals surface area contributed by atoms with E-state index in [-0.39, 0.29) is 23.8 Å². The topological polar surface area (TPSA) is 64.1 Å². The summed E-state index contributed by atoms with van der Waals surface area (Å²) in [5, 5.41) is 9.80. The van der Waals surface area contributed by atoms with Gasteiger partial charge in [0.2, 0.25) is 11.8 Å². The second kappa shape index (κ2) is 6.64. The summed E-state index contributed by atoms with van der Waals surface area (Å²) in [6.45, 7) is 8.53. The lowest BCUT2D eigenvalue weighted by molar-refractivity contribution is -0.134. The van der Waals surface area contributed by atoms with E-state index >= 15 is 0 Å². The number of likely N-dealkylation sites (tertiary alicyclic amines) is 3. The molecule has 0 saturated carbocycles. The Kier molecular flexibility index (Phi) is 4.89. The van der Waals surface area contributed by atoms with Gasteiger partial charge >= 0.3 is 0 Å². The number of carbonyl (C=O) groups is 2. The number of nitrogens with zero attached hydrogens (tertiary/aromatic N) is 3. The zero-order valence-corrected chi connectivity index (χ0v) is 15.1. The largest absolute Gasteiger partial charge is 0.394 e. The molecule has 24 heavy (non-hydrogen) atoms. The molecule has 0 aromatic carbocycles. The molecular weight excluding hydrogens is 306 g/mol. The van der Waals surface area contributed by atoms with E-state index in [4.69, 9.17) is 0 Å². The zero-order chi connectivity index (χ0) is 17.4. The SMILES string of the molecule is CC(=O)N1CC2(CCN(CC(=O)N3CCCC3)CC2)C[C@]1(C)CO. The number of aliphatic hydroxyl groups excluding tert-OH is 1. The van der Waals surface area contributed by atoms with Gasteiger partial charge in [-0.05, 0) is 57.5 Å². The van der Waals surface area contributed by atoms with Crippen LogP contribution in [0.25, 0.3) is 0 Å². The van der Waals surface area contributed by atoms with Crippen LogP contribution in [0.4, 0.5) is 0 Å². The van der Waals surface area contributed by atoms with E-state index < -0.39 is 5.54 Å². The summed E-state index contributed by atoms with van der Waals surface area (Å²) >= 11 is 0. The first kappa shape index (κ1) is 17.7. The van der Waals surface area contributed by atoms with Crippen LogP contribution >= 0.6 is 0 Å². The molecule has 3 heterocycles. The second-order valence-electron chi connectivity index (χ2n) is 8.30. The van der Waals surface area contributed by atoms with E-state index in [9.17, 15) is 14.7 Å². The molecule has 3 aliphatic rings. The Balaban J connectivity index is 1.56. The van der Waals surface area contributed by atoms with E-state index in [0.717, 1.165) is 64.8 Å². The number of rotatable bonds is 3. The number of hydrogen-bond donors (Lipinski definition) is 1. The zero-order valence-electron chi connectivity index (χ0n) is 15.1. The Morgan fingerprint density at radius 1 is 1.08 bits per heavy atom. The molecule has 0 unspecified atom stereocenters. The molecule has 3 fully saturated rings. The van der Waals surface area contributed by atoms with Crippen molar-refractivity contribution in [2.24, 2.45) is 5.41 Å². The number of amides is 2. The van der Waals surface area contributed by atoms with E-state index in [1.807, 2.05) is 16.7 Å². The van der Waals surface area contributed by atoms with Crippen LogP contribution in [0.2, 0.25) is 0 Å². The molecule has 1 spiro atoms. The van der Waals surface area contributed by atoms with E-state index in [1.54, 1.807) is 6.92 Å². The fourth-order valence-corrected chi connectivity index (χ4v) is 4.90. The fraction of sp³-hybridized carbons (Fsp3) is 0.889. The molecule has 2 amide bonds. The van der Waals surface area contributed by atoms with Crippen molar-refractivity contribution in [1.82, 2.24) is 14.7 Å². The molecular formula is C18H31N3O3. The van der Waals surface area contributed by atoms with Gasteiger partial charge in [-0.25, -0.2) is 0 Å². The van der Waals surface area contributed by atoms with Crippen LogP contribution in [-0.4, -0.2) is 83.0 Å². The number of aliphatic hydroxyl groups is 1. The summed E-state index contributed by atoms with van der Waals surface area (Å²) in [4.78, 5) is 30.4. The van der Waals surface area contributed by atoms with Gasteiger partial charge in [-0.15, -0.1) is 0 Å². The van der Waals surface area contributed by atoms with Crippen molar-refractivity contribution in [3.63, 3.8) is 0 Å². The molecule has 0 bridgehead atoms. The van der Waals surface area contributed by atoms with Crippen molar-refractivity contribution >= 4 is 11.8 Å². The molecule has 1 atom stereocenters. The molecule has 6 heteroatoms. The maximum atomic E-state index is 12.3. The highest BCUT2D eigenvalue weighted by molar-refractivity contribution is 5.78. The minimum Gasteiger partial charge on any atom is -0.394 e. The van der Waals surface area contributed by atoms with Crippen molar-refractivity contribution < 1.29 is 14.7 Å². The van der Waals surface area contributed by atoms with E-state index in [0.29, 0.717) is 6.54 Å². The van der Waals surface area contributed by atoms with Crippen LogP contribution in [0.5, 0.6) is 0 Å². The Bertz CT molecular complexity index is 496. The summed E-state index contributed by atoms with van der Waals surface area (Å²) < 4.78 is 0. The van der Waals surface area contributed by atoms with Crippen molar-refractivity contribution in [2.75, 3.05) is 45.9 Å². The van der Waals surface area contributed by atoms with Crippen molar-refractivity contribution in [1.29, 1.82) is 0 Å². The van der Waals surface area contributed by atoms with Crippen molar-refractivity contribution in [3.8, 4) is 0 Å². The lowest BCUT2D eigenvalue weighted by Crippen LogP contribution is -2.47. The highest BCUT2D eigenvalue weighted by atomic mass is 16.3. The van der Waals surface area contributed by atoms with Gasteiger partial charge in [0, 0.05) is 26.6 Å². The summed E-state index contributed by atoms with van der Waals surface area (Å²) in [7, 11) is 0. The number of carbonyl (C=O) groups excluding carboxylic acids is 2. The van der Waals surface area contributed by atoms with E-state index in [1.165, 1.54) is 0 Å². The molecule has 1 N–H and O–H groups in total. The molecule has 136 valence electrons. The Morgan fingerprint density at radius 3 is 2.21 bits per heavy atom. The van der Waals surface area contributed by atoms with Crippen LogP contribution in [0, 0.1) is 5.41 Å². The smallest absolute Gasteiger partial charge is 0.236 e. The number of hydrogen-bond acceptors (Lipinski definition) is 4. The lowest BCUT2D eigenvalue weighted by Gasteiger charge is -2.39. The monoisotopic (exact) mass is 337 g/mol. The molecule has 0 aromatic rings. The van der Waals surface area contributed by atoms with Gasteiger partial charge in [-0.1, -0.05) is 0 Å². The second-order valence-corrected chi connectivity index (χ2v) is 8.30. The third-order valence-electron chi connectivity index (χ3n) is 6.36. The fourth-order valence-electron chi connectivity index (χ4n) is 4.90. The third kappa shape index (κ3) is 3.31. The molecule has 3 saturated heterocycles. The van der Waals surface area contributed by atoms with Gasteiger partial charge in [-0.3, -0.25) is 14.5 Å². The Hall–Kier alpha value is -1.14. The summed E-state index contributed by atoms with van der Waals surface area (Å²) in [5.74, 6) is 0.315. The predicted octanol–water partition coefficient (Wildman–Crippen LogP) is 0.694. The first-order valence-electron chi connectivity index (χ1n) is 9.27. The van der Waals surface area contributed by atoms with Gasteiger partial charge in [0.05, 0.1) is 18.7 Å². The predicted molar refractivity (Wildman–Crippen MR) is 91.4 cm³/mol. The molecule has 3 aliphatic heterocycles. The summed E-state index contributed by atoms with van der Waals surface area (Å²) in [5.41, 5.74) is -0.324. The minimum absolute atomic E-state index is 0.0193. The standard InChI is InChI=1S/C18H31N3O3/c1-15(23)21-13-18(12-17(21,2)14-22)5-9-19(10-6-18)11-16(24)20-7-3-4-8-20/h22H,3-14H2,1-2H3/t17-/m1/s1. The van der Waals surface area contributed by atoms with Gasteiger partial charge in [0.15, 0.2) is 0 Å². The maximum absolute atomic E-state index is 12.3. The minimum atomic E-state index is -0.431. The number of piperidine rings is 1. The van der Waals surface area contributed by atoms with Crippen molar-refractivity contribution in [3.05, 3.63) is 0 Å². The van der Waals surface area contributed by atoms with Crippen LogP contribution in [-0.2, 0) is 9.59 Å². The molecule has 3 rings (SSSR count). The molecule has 0 aliphatic carbocycles. The third-order valence-corrected chi connectivity index (χ3v) is 6.36. The quantitative estimate of drug-likeness (QED) is 0.823. The van der Waals surface area contributed by atoms with Crippen LogP contribution in [0.15, 0.2) is 0 Å². The average Bonchev–Trinajstić information content (AvgIpc) is 3.17. The summed E-state index contributed by atoms with van der Waals surface area (Å²) in [6, 6.07) is 0. The normalized spacial score (nSPS) is 30.3. The first-order chi connectivity index (χ1) is 11.4. The average molecular weight is 337 g/mol. The van der Waals surface area contributed by atoms with E-state index in [2.05, 4.69) is 4.90 Å². The highest BCUT2D eigenvalue weighted by Gasteiger charge is 2.52. The molecule has 0 aromatic heterocycles. The van der Waals surface area contributed by atoms with Crippen molar-refractivity contribution in [2.45, 2.75) is 51.5 Å². The van der Waals surface area contributed by atoms with Crippen LogP contribution < -0.4 is 0 Å². The maximum Gasteiger partial charge on any atom is 0.236 e. The Morgan fingerprint density at radius 2 is 1.71 bits per heavy atom. The highest BCUT2D eigenvalue weighted by Crippen LogP contribution is 2.47. The molecule has 0 radical (unpaired) electrons. The van der Waals surface area contributed by atoms with Gasteiger partial charge in [0.25, 0.3) is 0 Å². The molecule has 6 nitrogen and oxygen atoms in total. The van der Waals surface area contributed by atoms with Crippen LogP contribution in [0.1, 0.15) is 46.0 Å². The first-order valence-corrected chi connectivity index (χ1v) is 9.27. The Labute approximate surface area is 144 Å². The van der Waals surface area contributed by atoms with Crippen LogP contribution in [0.3, 0.4) is 0 Å². The lowest BCUT2D eigenvalue weighted by atomic mass is 9.74. The summed E-state index contributed by atoms with van der Waals surface area (Å²) in [6.07, 6.45) is 5.13. The van der Waals surface area contributed by atoms with Gasteiger partial charge in [-0.2, -0.15) is 0 Å². The van der Waals surface area contributed by atoms with Gasteiger partial charge in [0.1, 0.15) is 0 Å².